The van der Waals surface area contributed by atoms with Gasteiger partial charge in [0.15, 0.2) is 4.80 Å². The first-order valence-corrected chi connectivity index (χ1v) is 14.0. The molecular formula is C30H24N4O3S2. The normalized spacial score (nSPS) is 15.3. The zero-order valence-electron chi connectivity index (χ0n) is 21.5. The standard InChI is InChI=1S/C30H24N4O3S2/c1-18-11-13-20(14-12-18)26-21(17-33(32-26)22-8-5-4-6-9-22)16-24-28(35)34-27(23-10-7-15-38-23)25(29(36)37-3)19(2)31-30(34)39-24/h4-17,27H,1-3H3. The fourth-order valence-electron chi connectivity index (χ4n) is 4.69. The van der Waals surface area contributed by atoms with E-state index in [4.69, 9.17) is 9.84 Å². The van der Waals surface area contributed by atoms with Gasteiger partial charge in [0.05, 0.1) is 34.3 Å². The molecule has 0 amide bonds. The zero-order chi connectivity index (χ0) is 27.1. The molecule has 2 aromatic carbocycles. The van der Waals surface area contributed by atoms with Crippen molar-refractivity contribution in [2.45, 2.75) is 19.9 Å². The summed E-state index contributed by atoms with van der Waals surface area (Å²) in [6.07, 6.45) is 3.80. The van der Waals surface area contributed by atoms with Crippen LogP contribution < -0.4 is 14.9 Å². The third-order valence-corrected chi connectivity index (χ3v) is 8.52. The van der Waals surface area contributed by atoms with Crippen LogP contribution in [-0.2, 0) is 9.53 Å². The number of thiophene rings is 1. The van der Waals surface area contributed by atoms with Crippen molar-refractivity contribution < 1.29 is 9.53 Å². The Morgan fingerprint density at radius 2 is 1.79 bits per heavy atom. The van der Waals surface area contributed by atoms with Crippen LogP contribution in [0.4, 0.5) is 0 Å². The number of thiazole rings is 1. The summed E-state index contributed by atoms with van der Waals surface area (Å²) in [7, 11) is 1.34. The van der Waals surface area contributed by atoms with Gasteiger partial charge in [-0.3, -0.25) is 9.36 Å². The fourth-order valence-corrected chi connectivity index (χ4v) is 6.55. The summed E-state index contributed by atoms with van der Waals surface area (Å²) >= 11 is 2.79. The Hall–Kier alpha value is -4.34. The topological polar surface area (TPSA) is 78.5 Å². The van der Waals surface area contributed by atoms with Gasteiger partial charge in [-0.2, -0.15) is 5.10 Å². The number of aryl methyl sites for hydroxylation is 1. The summed E-state index contributed by atoms with van der Waals surface area (Å²) in [6.45, 7) is 3.83. The number of allylic oxidation sites excluding steroid dienone is 1. The molecule has 0 saturated heterocycles. The predicted octanol–water partition coefficient (Wildman–Crippen LogP) is 4.63. The molecule has 0 aliphatic carbocycles. The summed E-state index contributed by atoms with van der Waals surface area (Å²) < 4.78 is 9.02. The van der Waals surface area contributed by atoms with Crippen LogP contribution in [0, 0.1) is 6.92 Å². The van der Waals surface area contributed by atoms with Gasteiger partial charge in [-0.1, -0.05) is 65.4 Å². The van der Waals surface area contributed by atoms with E-state index in [1.54, 1.807) is 11.5 Å². The number of benzene rings is 2. The highest BCUT2D eigenvalue weighted by molar-refractivity contribution is 7.10. The van der Waals surface area contributed by atoms with Gasteiger partial charge in [0.2, 0.25) is 0 Å². The Kier molecular flexibility index (Phi) is 6.46. The third kappa shape index (κ3) is 4.49. The van der Waals surface area contributed by atoms with Gasteiger partial charge >= 0.3 is 5.97 Å². The van der Waals surface area contributed by atoms with Crippen molar-refractivity contribution in [1.82, 2.24) is 14.3 Å². The molecule has 0 bridgehead atoms. The zero-order valence-corrected chi connectivity index (χ0v) is 23.1. The summed E-state index contributed by atoms with van der Waals surface area (Å²) in [4.78, 5) is 32.8. The SMILES string of the molecule is COC(=O)C1=C(C)N=c2sc(=Cc3cn(-c4ccccc4)nc3-c3ccc(C)cc3)c(=O)n2C1c1cccs1. The molecular weight excluding hydrogens is 528 g/mol. The molecule has 5 aromatic rings. The minimum Gasteiger partial charge on any atom is -0.466 e. The fraction of sp³-hybridized carbons (Fsp3) is 0.133. The van der Waals surface area contributed by atoms with Crippen molar-refractivity contribution in [2.24, 2.45) is 4.99 Å². The molecule has 6 rings (SSSR count). The van der Waals surface area contributed by atoms with Gasteiger partial charge in [-0.05, 0) is 43.5 Å². The first kappa shape index (κ1) is 25.0. The lowest BCUT2D eigenvalue weighted by atomic mass is 10.0. The van der Waals surface area contributed by atoms with Crippen LogP contribution in [0.15, 0.2) is 99.4 Å². The van der Waals surface area contributed by atoms with Crippen molar-refractivity contribution in [1.29, 1.82) is 0 Å². The van der Waals surface area contributed by atoms with Gasteiger partial charge < -0.3 is 4.74 Å². The first-order chi connectivity index (χ1) is 18.9. The summed E-state index contributed by atoms with van der Waals surface area (Å²) in [5.74, 6) is -0.491. The molecule has 39 heavy (non-hydrogen) atoms. The Bertz CT molecular complexity index is 1900. The highest BCUT2D eigenvalue weighted by Gasteiger charge is 2.33. The Labute approximate surface area is 232 Å². The van der Waals surface area contributed by atoms with Crippen LogP contribution in [0.2, 0.25) is 0 Å². The van der Waals surface area contributed by atoms with E-state index in [2.05, 4.69) is 4.99 Å². The van der Waals surface area contributed by atoms with Crippen molar-refractivity contribution in [3.8, 4) is 16.9 Å². The smallest absolute Gasteiger partial charge is 0.338 e. The molecule has 1 aliphatic rings. The van der Waals surface area contributed by atoms with Crippen LogP contribution in [0.1, 0.15) is 29.0 Å². The number of hydrogen-bond donors (Lipinski definition) is 0. The molecule has 0 radical (unpaired) electrons. The maximum Gasteiger partial charge on any atom is 0.338 e. The summed E-state index contributed by atoms with van der Waals surface area (Å²) in [5.41, 5.74) is 5.31. The van der Waals surface area contributed by atoms with Gasteiger partial charge in [0.25, 0.3) is 5.56 Å². The van der Waals surface area contributed by atoms with E-state index in [9.17, 15) is 9.59 Å². The van der Waals surface area contributed by atoms with Crippen molar-refractivity contribution in [2.75, 3.05) is 7.11 Å². The molecule has 3 aromatic heterocycles. The van der Waals surface area contributed by atoms with E-state index < -0.39 is 12.0 Å². The van der Waals surface area contributed by atoms with Crippen LogP contribution in [0.25, 0.3) is 23.0 Å². The number of aromatic nitrogens is 3. The second-order valence-electron chi connectivity index (χ2n) is 9.17. The van der Waals surface area contributed by atoms with E-state index in [0.29, 0.717) is 20.6 Å². The number of nitrogens with zero attached hydrogens (tertiary/aromatic N) is 4. The van der Waals surface area contributed by atoms with Crippen LogP contribution >= 0.6 is 22.7 Å². The number of rotatable bonds is 5. The number of ether oxygens (including phenoxy) is 1. The molecule has 1 unspecified atom stereocenters. The lowest BCUT2D eigenvalue weighted by Crippen LogP contribution is -2.39. The molecule has 0 spiro atoms. The third-order valence-electron chi connectivity index (χ3n) is 6.61. The Morgan fingerprint density at radius 3 is 2.49 bits per heavy atom. The molecule has 1 atom stereocenters. The molecule has 0 N–H and O–H groups in total. The molecule has 0 saturated carbocycles. The molecule has 9 heteroatoms. The van der Waals surface area contributed by atoms with Crippen LogP contribution in [-0.4, -0.2) is 27.4 Å². The Morgan fingerprint density at radius 1 is 1.03 bits per heavy atom. The van der Waals surface area contributed by atoms with Crippen LogP contribution in [0.5, 0.6) is 0 Å². The predicted molar refractivity (Wildman–Crippen MR) is 154 cm³/mol. The maximum atomic E-state index is 13.9. The number of esters is 1. The number of carbonyl (C=O) groups excluding carboxylic acids is 1. The van der Waals surface area contributed by atoms with Gasteiger partial charge in [0, 0.05) is 22.2 Å². The molecule has 0 fully saturated rings. The van der Waals surface area contributed by atoms with Gasteiger partial charge in [0.1, 0.15) is 6.04 Å². The molecule has 1 aliphatic heterocycles. The largest absolute Gasteiger partial charge is 0.466 e. The summed E-state index contributed by atoms with van der Waals surface area (Å²) in [6, 6.07) is 21.3. The first-order valence-electron chi connectivity index (χ1n) is 12.3. The molecule has 194 valence electrons. The lowest BCUT2D eigenvalue weighted by Gasteiger charge is -2.22. The molecule has 4 heterocycles. The average molecular weight is 553 g/mol. The minimum absolute atomic E-state index is 0.214. The molecule has 7 nitrogen and oxygen atoms in total. The average Bonchev–Trinajstić information content (AvgIpc) is 3.69. The Balaban J connectivity index is 1.56. The highest BCUT2D eigenvalue weighted by atomic mass is 32.1. The van der Waals surface area contributed by atoms with Gasteiger partial charge in [-0.25, -0.2) is 14.5 Å². The maximum absolute atomic E-state index is 13.9. The van der Waals surface area contributed by atoms with E-state index in [-0.39, 0.29) is 5.56 Å². The second-order valence-corrected chi connectivity index (χ2v) is 11.2. The number of carbonyl (C=O) groups is 1. The quantitative estimate of drug-likeness (QED) is 0.298. The van der Waals surface area contributed by atoms with E-state index >= 15 is 0 Å². The minimum atomic E-state index is -0.598. The summed E-state index contributed by atoms with van der Waals surface area (Å²) in [5, 5.41) is 6.82. The number of para-hydroxylation sites is 1. The van der Waals surface area contributed by atoms with E-state index in [0.717, 1.165) is 32.9 Å². The highest BCUT2D eigenvalue weighted by Crippen LogP contribution is 2.33. The van der Waals surface area contributed by atoms with Crippen molar-refractivity contribution in [3.05, 3.63) is 125 Å². The number of methoxy groups -OCH3 is 1. The second kappa shape index (κ2) is 10.1. The number of fused-ring (bicyclic) bond motifs is 1. The van der Waals surface area contributed by atoms with E-state index in [1.165, 1.54) is 29.8 Å². The van der Waals surface area contributed by atoms with Crippen LogP contribution in [0.3, 0.4) is 0 Å². The van der Waals surface area contributed by atoms with E-state index in [1.807, 2.05) is 96.0 Å². The monoisotopic (exact) mass is 552 g/mol. The lowest BCUT2D eigenvalue weighted by molar-refractivity contribution is -0.136. The number of hydrogen-bond acceptors (Lipinski definition) is 7. The van der Waals surface area contributed by atoms with Crippen molar-refractivity contribution >= 4 is 34.7 Å². The van der Waals surface area contributed by atoms with Crippen molar-refractivity contribution in [3.63, 3.8) is 0 Å². The van der Waals surface area contributed by atoms with Gasteiger partial charge in [-0.15, -0.1) is 11.3 Å².